The lowest BCUT2D eigenvalue weighted by Gasteiger charge is -2.09. The molecule has 1 aromatic rings. The summed E-state index contributed by atoms with van der Waals surface area (Å²) in [6, 6.07) is 8.77. The van der Waals surface area contributed by atoms with Crippen molar-refractivity contribution < 1.29 is 14.6 Å². The van der Waals surface area contributed by atoms with E-state index in [9.17, 15) is 9.90 Å². The number of carbonyl (C=O) groups is 1. The molecule has 82 valence electrons. The van der Waals surface area contributed by atoms with E-state index in [0.717, 1.165) is 6.42 Å². The van der Waals surface area contributed by atoms with Crippen LogP contribution in [0.25, 0.3) is 0 Å². The van der Waals surface area contributed by atoms with E-state index in [1.807, 2.05) is 13.0 Å². The summed E-state index contributed by atoms with van der Waals surface area (Å²) in [5.74, 6) is -0.384. The Bertz CT molecular complexity index is 295. The van der Waals surface area contributed by atoms with Crippen LogP contribution in [0, 0.1) is 0 Å². The zero-order valence-electron chi connectivity index (χ0n) is 8.85. The van der Waals surface area contributed by atoms with E-state index in [1.165, 1.54) is 0 Å². The van der Waals surface area contributed by atoms with Crippen molar-refractivity contribution in [1.82, 2.24) is 0 Å². The quantitative estimate of drug-likeness (QED) is 0.753. The van der Waals surface area contributed by atoms with Crippen LogP contribution < -0.4 is 0 Å². The second-order valence-electron chi connectivity index (χ2n) is 3.41. The third-order valence-corrected chi connectivity index (χ3v) is 2.04. The molecule has 0 aromatic heterocycles. The normalized spacial score (nSPS) is 12.1. The van der Waals surface area contributed by atoms with Gasteiger partial charge in [0, 0.05) is 0 Å². The molecule has 0 bridgehead atoms. The monoisotopic (exact) mass is 208 g/mol. The maximum absolute atomic E-state index is 11.4. The maximum Gasteiger partial charge on any atom is 0.338 e. The Kier molecular flexibility index (Phi) is 4.84. The number of carbonyl (C=O) groups excluding carboxylic acids is 1. The second-order valence-corrected chi connectivity index (χ2v) is 3.41. The zero-order valence-corrected chi connectivity index (χ0v) is 8.85. The van der Waals surface area contributed by atoms with Gasteiger partial charge in [0.25, 0.3) is 0 Å². The SMILES string of the molecule is CCCC(O)COC(=O)c1ccccc1. The van der Waals surface area contributed by atoms with Crippen LogP contribution in [-0.2, 0) is 4.74 Å². The zero-order chi connectivity index (χ0) is 11.1. The van der Waals surface area contributed by atoms with Crippen molar-refractivity contribution in [3.05, 3.63) is 35.9 Å². The fraction of sp³-hybridized carbons (Fsp3) is 0.417. The molecule has 0 heterocycles. The van der Waals surface area contributed by atoms with E-state index >= 15 is 0 Å². The van der Waals surface area contributed by atoms with E-state index in [-0.39, 0.29) is 12.6 Å². The molecular weight excluding hydrogens is 192 g/mol. The van der Waals surface area contributed by atoms with E-state index in [1.54, 1.807) is 24.3 Å². The van der Waals surface area contributed by atoms with Gasteiger partial charge in [0.15, 0.2) is 0 Å². The van der Waals surface area contributed by atoms with Crippen LogP contribution in [0.2, 0.25) is 0 Å². The molecule has 0 aliphatic heterocycles. The summed E-state index contributed by atoms with van der Waals surface area (Å²) >= 11 is 0. The fourth-order valence-electron chi connectivity index (χ4n) is 1.25. The van der Waals surface area contributed by atoms with Gasteiger partial charge < -0.3 is 9.84 Å². The molecule has 1 N–H and O–H groups in total. The molecule has 15 heavy (non-hydrogen) atoms. The van der Waals surface area contributed by atoms with Crippen LogP contribution in [-0.4, -0.2) is 23.8 Å². The Morgan fingerprint density at radius 3 is 2.67 bits per heavy atom. The van der Waals surface area contributed by atoms with Crippen molar-refractivity contribution >= 4 is 5.97 Å². The first-order valence-corrected chi connectivity index (χ1v) is 5.14. The average Bonchev–Trinajstić information content (AvgIpc) is 2.27. The van der Waals surface area contributed by atoms with Crippen LogP contribution >= 0.6 is 0 Å². The minimum absolute atomic E-state index is 0.0710. The number of rotatable bonds is 5. The number of esters is 1. The molecule has 1 atom stereocenters. The molecule has 1 rings (SSSR count). The number of ether oxygens (including phenoxy) is 1. The highest BCUT2D eigenvalue weighted by molar-refractivity contribution is 5.89. The number of hydrogen-bond donors (Lipinski definition) is 1. The summed E-state index contributed by atoms with van der Waals surface area (Å²) in [6.45, 7) is 2.05. The lowest BCUT2D eigenvalue weighted by Crippen LogP contribution is -2.18. The van der Waals surface area contributed by atoms with Crippen LogP contribution in [0.3, 0.4) is 0 Å². The van der Waals surface area contributed by atoms with Crippen LogP contribution in [0.1, 0.15) is 30.1 Å². The van der Waals surface area contributed by atoms with Crippen LogP contribution in [0.15, 0.2) is 30.3 Å². The van der Waals surface area contributed by atoms with Gasteiger partial charge in [0.1, 0.15) is 6.61 Å². The summed E-state index contributed by atoms with van der Waals surface area (Å²) in [4.78, 5) is 11.4. The van der Waals surface area contributed by atoms with E-state index in [4.69, 9.17) is 4.74 Å². The highest BCUT2D eigenvalue weighted by Crippen LogP contribution is 2.03. The molecule has 1 unspecified atom stereocenters. The van der Waals surface area contributed by atoms with Gasteiger partial charge >= 0.3 is 5.97 Å². The highest BCUT2D eigenvalue weighted by Gasteiger charge is 2.09. The van der Waals surface area contributed by atoms with E-state index in [0.29, 0.717) is 12.0 Å². The molecular formula is C12H16O3. The van der Waals surface area contributed by atoms with E-state index < -0.39 is 6.10 Å². The lowest BCUT2D eigenvalue weighted by atomic mass is 10.2. The topological polar surface area (TPSA) is 46.5 Å². The van der Waals surface area contributed by atoms with Crippen LogP contribution in [0.4, 0.5) is 0 Å². The molecule has 0 aliphatic rings. The molecule has 1 aromatic carbocycles. The second kappa shape index (κ2) is 6.19. The predicted molar refractivity (Wildman–Crippen MR) is 57.6 cm³/mol. The van der Waals surface area contributed by atoms with Gasteiger partial charge in [0.05, 0.1) is 11.7 Å². The van der Waals surface area contributed by atoms with Gasteiger partial charge in [-0.1, -0.05) is 31.5 Å². The number of hydrogen-bond acceptors (Lipinski definition) is 3. The third kappa shape index (κ3) is 4.13. The maximum atomic E-state index is 11.4. The van der Waals surface area contributed by atoms with Crippen molar-refractivity contribution in [2.24, 2.45) is 0 Å². The molecule has 0 saturated heterocycles. The van der Waals surface area contributed by atoms with Gasteiger partial charge in [-0.2, -0.15) is 0 Å². The smallest absolute Gasteiger partial charge is 0.338 e. The third-order valence-electron chi connectivity index (χ3n) is 2.04. The Morgan fingerprint density at radius 1 is 1.40 bits per heavy atom. The standard InChI is InChI=1S/C12H16O3/c1-2-6-11(13)9-15-12(14)10-7-4-3-5-8-10/h3-5,7-8,11,13H,2,6,9H2,1H3. The molecule has 0 aliphatic carbocycles. The van der Waals surface area contributed by atoms with Crippen molar-refractivity contribution in [3.8, 4) is 0 Å². The van der Waals surface area contributed by atoms with Crippen LogP contribution in [0.5, 0.6) is 0 Å². The fourth-order valence-corrected chi connectivity index (χ4v) is 1.25. The highest BCUT2D eigenvalue weighted by atomic mass is 16.5. The number of aliphatic hydroxyl groups is 1. The van der Waals surface area contributed by atoms with Crippen molar-refractivity contribution in [2.45, 2.75) is 25.9 Å². The Hall–Kier alpha value is -1.35. The molecule has 0 amide bonds. The first kappa shape index (κ1) is 11.7. The van der Waals surface area contributed by atoms with Gasteiger partial charge in [-0.05, 0) is 18.6 Å². The lowest BCUT2D eigenvalue weighted by molar-refractivity contribution is 0.0237. The minimum atomic E-state index is -0.553. The summed E-state index contributed by atoms with van der Waals surface area (Å²) < 4.78 is 4.95. The van der Waals surface area contributed by atoms with E-state index in [2.05, 4.69) is 0 Å². The Morgan fingerprint density at radius 2 is 2.07 bits per heavy atom. The number of benzene rings is 1. The van der Waals surface area contributed by atoms with Crippen molar-refractivity contribution in [2.75, 3.05) is 6.61 Å². The predicted octanol–water partition coefficient (Wildman–Crippen LogP) is 2.00. The summed E-state index contributed by atoms with van der Waals surface area (Å²) in [7, 11) is 0. The Labute approximate surface area is 89.7 Å². The van der Waals surface area contributed by atoms with Gasteiger partial charge in [0.2, 0.25) is 0 Å². The molecule has 0 saturated carbocycles. The molecule has 0 fully saturated rings. The van der Waals surface area contributed by atoms with Gasteiger partial charge in [-0.25, -0.2) is 4.79 Å². The Balaban J connectivity index is 2.37. The molecule has 3 nitrogen and oxygen atoms in total. The minimum Gasteiger partial charge on any atom is -0.459 e. The summed E-state index contributed by atoms with van der Waals surface area (Å²) in [6.07, 6.45) is 0.981. The molecule has 0 radical (unpaired) electrons. The van der Waals surface area contributed by atoms with Crippen molar-refractivity contribution in [3.63, 3.8) is 0 Å². The first-order valence-electron chi connectivity index (χ1n) is 5.14. The first-order chi connectivity index (χ1) is 7.24. The molecule has 0 spiro atoms. The molecule has 3 heteroatoms. The summed E-state index contributed by atoms with van der Waals surface area (Å²) in [5, 5.41) is 9.37. The van der Waals surface area contributed by atoms with Gasteiger partial charge in [-0.15, -0.1) is 0 Å². The van der Waals surface area contributed by atoms with Gasteiger partial charge in [-0.3, -0.25) is 0 Å². The van der Waals surface area contributed by atoms with Crippen molar-refractivity contribution in [1.29, 1.82) is 0 Å². The average molecular weight is 208 g/mol. The summed E-state index contributed by atoms with van der Waals surface area (Å²) in [5.41, 5.74) is 0.515. The number of aliphatic hydroxyl groups excluding tert-OH is 1. The largest absolute Gasteiger partial charge is 0.459 e.